The molecule has 8 heteroatoms. The van der Waals surface area contributed by atoms with Crippen LogP contribution in [0.5, 0.6) is 5.75 Å². The molecule has 1 fully saturated rings. The molecule has 1 aromatic heterocycles. The molecule has 0 bridgehead atoms. The van der Waals surface area contributed by atoms with Gasteiger partial charge in [-0.3, -0.25) is 4.79 Å². The molecule has 2 heterocycles. The average Bonchev–Trinajstić information content (AvgIpc) is 3.19. The lowest BCUT2D eigenvalue weighted by Crippen LogP contribution is -2.10. The number of hydrogen-bond donors (Lipinski definition) is 1. The maximum Gasteiger partial charge on any atom is 0.363 e. The highest BCUT2D eigenvalue weighted by atomic mass is 32.2. The summed E-state index contributed by atoms with van der Waals surface area (Å²) in [7, 11) is 0. The molecule has 0 aliphatic carbocycles. The Bertz CT molecular complexity index is 709. The number of benzene rings is 1. The van der Waals surface area contributed by atoms with Crippen molar-refractivity contribution in [3.8, 4) is 5.75 Å². The number of thiazole rings is 1. The van der Waals surface area contributed by atoms with E-state index < -0.39 is 5.97 Å². The van der Waals surface area contributed by atoms with Gasteiger partial charge in [0.05, 0.1) is 4.58 Å². The van der Waals surface area contributed by atoms with Gasteiger partial charge in [-0.05, 0) is 17.7 Å². The zero-order valence-electron chi connectivity index (χ0n) is 12.3. The number of carbonyl (C=O) groups is 2. The van der Waals surface area contributed by atoms with Crippen molar-refractivity contribution in [1.29, 1.82) is 0 Å². The lowest BCUT2D eigenvalue weighted by Gasteiger charge is -2.09. The second-order valence-electron chi connectivity index (χ2n) is 4.75. The van der Waals surface area contributed by atoms with Crippen molar-refractivity contribution in [3.63, 3.8) is 0 Å². The summed E-state index contributed by atoms with van der Waals surface area (Å²) < 4.78 is 5.79. The number of amides is 1. The molecule has 0 spiro atoms. The molecule has 23 heavy (non-hydrogen) atoms. The van der Waals surface area contributed by atoms with Gasteiger partial charge in [-0.2, -0.15) is 0 Å². The van der Waals surface area contributed by atoms with Gasteiger partial charge in [0, 0.05) is 23.8 Å². The van der Waals surface area contributed by atoms with Crippen molar-refractivity contribution >= 4 is 51.9 Å². The Morgan fingerprint density at radius 2 is 1.91 bits per heavy atom. The van der Waals surface area contributed by atoms with Crippen LogP contribution in [0.4, 0.5) is 5.13 Å². The minimum absolute atomic E-state index is 0.185. The second kappa shape index (κ2) is 7.37. The molecule has 1 N–H and O–H groups in total. The summed E-state index contributed by atoms with van der Waals surface area (Å²) in [6.45, 7) is 1.39. The van der Waals surface area contributed by atoms with E-state index in [1.807, 2.05) is 35.7 Å². The van der Waals surface area contributed by atoms with Crippen LogP contribution in [0.15, 0.2) is 29.6 Å². The molecular weight excluding hydrogens is 352 g/mol. The average molecular weight is 366 g/mol. The second-order valence-corrected chi connectivity index (χ2v) is 8.33. The van der Waals surface area contributed by atoms with Gasteiger partial charge in [0.25, 0.3) is 0 Å². The van der Waals surface area contributed by atoms with Crippen molar-refractivity contribution in [2.24, 2.45) is 0 Å². The summed E-state index contributed by atoms with van der Waals surface area (Å²) in [5.74, 6) is 2.08. The van der Waals surface area contributed by atoms with Crippen molar-refractivity contribution in [1.82, 2.24) is 4.98 Å². The van der Waals surface area contributed by atoms with Crippen LogP contribution in [0.25, 0.3) is 0 Å². The molecule has 1 aliphatic rings. The lowest BCUT2D eigenvalue weighted by molar-refractivity contribution is -0.114. The largest absolute Gasteiger partial charge is 0.422 e. The molecule has 1 saturated heterocycles. The van der Waals surface area contributed by atoms with E-state index in [1.165, 1.54) is 35.3 Å². The number of anilines is 1. The predicted molar refractivity (Wildman–Crippen MR) is 95.5 cm³/mol. The van der Waals surface area contributed by atoms with Crippen LogP contribution in [0.3, 0.4) is 0 Å². The number of esters is 1. The highest BCUT2D eigenvalue weighted by Crippen LogP contribution is 2.45. The molecule has 120 valence electrons. The van der Waals surface area contributed by atoms with E-state index in [0.717, 1.165) is 0 Å². The van der Waals surface area contributed by atoms with Crippen molar-refractivity contribution in [2.45, 2.75) is 11.5 Å². The van der Waals surface area contributed by atoms with E-state index in [2.05, 4.69) is 10.3 Å². The van der Waals surface area contributed by atoms with Crippen LogP contribution >= 0.6 is 34.9 Å². The van der Waals surface area contributed by atoms with Gasteiger partial charge in [-0.1, -0.05) is 12.1 Å². The van der Waals surface area contributed by atoms with E-state index in [4.69, 9.17) is 4.74 Å². The number of ether oxygens (including phenoxy) is 1. The molecular formula is C15H14N2O3S3. The molecule has 3 rings (SSSR count). The van der Waals surface area contributed by atoms with Crippen LogP contribution in [-0.4, -0.2) is 28.4 Å². The summed E-state index contributed by atoms with van der Waals surface area (Å²) in [6.07, 6.45) is 0. The third-order valence-electron chi connectivity index (χ3n) is 2.98. The number of nitrogens with one attached hydrogen (secondary N) is 1. The number of nitrogens with zero attached hydrogens (tertiary/aromatic N) is 1. The summed E-state index contributed by atoms with van der Waals surface area (Å²) in [5, 5.41) is 4.49. The number of hydrogen-bond acceptors (Lipinski definition) is 7. The fourth-order valence-electron chi connectivity index (χ4n) is 1.98. The SMILES string of the molecule is CC(=O)Nc1nc(C(=O)Oc2ccc(C3SCCS3)cc2)cs1. The summed E-state index contributed by atoms with van der Waals surface area (Å²) in [6, 6.07) is 7.58. The Morgan fingerprint density at radius 1 is 1.22 bits per heavy atom. The fourth-order valence-corrected chi connectivity index (χ4v) is 5.56. The first kappa shape index (κ1) is 16.4. The Balaban J connectivity index is 1.63. The summed E-state index contributed by atoms with van der Waals surface area (Å²) in [4.78, 5) is 27.0. The molecule has 0 unspecified atom stereocenters. The van der Waals surface area contributed by atoms with Gasteiger partial charge in [-0.15, -0.1) is 34.9 Å². The van der Waals surface area contributed by atoms with E-state index >= 15 is 0 Å². The molecule has 0 radical (unpaired) electrons. The maximum absolute atomic E-state index is 12.1. The zero-order valence-corrected chi connectivity index (χ0v) is 14.7. The van der Waals surface area contributed by atoms with E-state index in [0.29, 0.717) is 15.5 Å². The smallest absolute Gasteiger partial charge is 0.363 e. The normalized spacial score (nSPS) is 14.7. The minimum Gasteiger partial charge on any atom is -0.422 e. The molecule has 0 saturated carbocycles. The van der Waals surface area contributed by atoms with Gasteiger partial charge in [0.15, 0.2) is 10.8 Å². The van der Waals surface area contributed by atoms with Gasteiger partial charge in [-0.25, -0.2) is 9.78 Å². The molecule has 1 amide bonds. The third kappa shape index (κ3) is 4.27. The molecule has 2 aromatic rings. The summed E-state index contributed by atoms with van der Waals surface area (Å²) in [5.41, 5.74) is 1.42. The van der Waals surface area contributed by atoms with E-state index in [1.54, 1.807) is 17.5 Å². The lowest BCUT2D eigenvalue weighted by atomic mass is 10.2. The van der Waals surface area contributed by atoms with Crippen LogP contribution in [-0.2, 0) is 4.79 Å². The topological polar surface area (TPSA) is 68.3 Å². The Hall–Kier alpha value is -1.51. The molecule has 1 aliphatic heterocycles. The molecule has 0 atom stereocenters. The van der Waals surface area contributed by atoms with E-state index in [-0.39, 0.29) is 11.6 Å². The highest BCUT2D eigenvalue weighted by Gasteiger charge is 2.19. The monoisotopic (exact) mass is 366 g/mol. The van der Waals surface area contributed by atoms with Crippen molar-refractivity contribution < 1.29 is 14.3 Å². The van der Waals surface area contributed by atoms with Gasteiger partial charge >= 0.3 is 5.97 Å². The number of thioether (sulfide) groups is 2. The number of aromatic nitrogens is 1. The van der Waals surface area contributed by atoms with Crippen LogP contribution in [0.2, 0.25) is 0 Å². The third-order valence-corrected chi connectivity index (χ3v) is 6.84. The standard InChI is InChI=1S/C15H14N2O3S3/c1-9(18)16-15-17-12(8-23-15)13(19)20-11-4-2-10(3-5-11)14-21-6-7-22-14/h2-5,8,14H,6-7H2,1H3,(H,16,17,18). The maximum atomic E-state index is 12.1. The molecule has 1 aromatic carbocycles. The first-order valence-corrected chi connectivity index (χ1v) is 9.88. The van der Waals surface area contributed by atoms with Crippen molar-refractivity contribution in [2.75, 3.05) is 16.8 Å². The number of rotatable bonds is 4. The first-order chi connectivity index (χ1) is 11.1. The Morgan fingerprint density at radius 3 is 2.57 bits per heavy atom. The van der Waals surface area contributed by atoms with Crippen LogP contribution < -0.4 is 10.1 Å². The fraction of sp³-hybridized carbons (Fsp3) is 0.267. The number of carbonyl (C=O) groups excluding carboxylic acids is 2. The van der Waals surface area contributed by atoms with Gasteiger partial charge in [0.2, 0.25) is 5.91 Å². The van der Waals surface area contributed by atoms with Gasteiger partial charge < -0.3 is 10.1 Å². The minimum atomic E-state index is -0.532. The predicted octanol–water partition coefficient (Wildman–Crippen LogP) is 3.80. The quantitative estimate of drug-likeness (QED) is 0.656. The van der Waals surface area contributed by atoms with Crippen molar-refractivity contribution in [3.05, 3.63) is 40.9 Å². The van der Waals surface area contributed by atoms with Gasteiger partial charge in [0.1, 0.15) is 5.75 Å². The van der Waals surface area contributed by atoms with Crippen LogP contribution in [0, 0.1) is 0 Å². The zero-order chi connectivity index (χ0) is 16.2. The van der Waals surface area contributed by atoms with Crippen LogP contribution in [0.1, 0.15) is 27.6 Å². The Labute approximate surface area is 146 Å². The Kier molecular flexibility index (Phi) is 5.24. The molecule has 5 nitrogen and oxygen atoms in total. The van der Waals surface area contributed by atoms with E-state index in [9.17, 15) is 9.59 Å². The highest BCUT2D eigenvalue weighted by molar-refractivity contribution is 8.19. The summed E-state index contributed by atoms with van der Waals surface area (Å²) >= 11 is 5.05. The first-order valence-electron chi connectivity index (χ1n) is 6.90.